The SMILES string of the molecule is [CH2]C(C)CCC(C)CC=C. The monoisotopic (exact) mass is 139 g/mol. The van der Waals surface area contributed by atoms with Crippen LogP contribution in [-0.2, 0) is 0 Å². The molecule has 0 aliphatic carbocycles. The van der Waals surface area contributed by atoms with E-state index in [1.807, 2.05) is 6.08 Å². The van der Waals surface area contributed by atoms with Crippen LogP contribution in [0, 0.1) is 18.8 Å². The zero-order valence-corrected chi connectivity index (χ0v) is 7.27. The van der Waals surface area contributed by atoms with Gasteiger partial charge in [0.2, 0.25) is 0 Å². The largest absolute Gasteiger partial charge is 0.103 e. The van der Waals surface area contributed by atoms with E-state index in [9.17, 15) is 0 Å². The highest BCUT2D eigenvalue weighted by molar-refractivity contribution is 4.71. The van der Waals surface area contributed by atoms with E-state index in [-0.39, 0.29) is 0 Å². The number of allylic oxidation sites excluding steroid dienone is 1. The Morgan fingerprint density at radius 1 is 1.30 bits per heavy atom. The third-order valence-electron chi connectivity index (χ3n) is 1.72. The van der Waals surface area contributed by atoms with Crippen LogP contribution in [0.2, 0.25) is 0 Å². The summed E-state index contributed by atoms with van der Waals surface area (Å²) in [6.45, 7) is 12.1. The third kappa shape index (κ3) is 5.87. The highest BCUT2D eigenvalue weighted by atomic mass is 14.1. The van der Waals surface area contributed by atoms with Gasteiger partial charge in [0.1, 0.15) is 0 Å². The standard InChI is InChI=1S/C10H19/c1-5-6-10(4)8-7-9(2)3/h5,9-10H,1-2,6-8H2,3-4H3. The van der Waals surface area contributed by atoms with Gasteiger partial charge in [-0.05, 0) is 18.3 Å². The van der Waals surface area contributed by atoms with E-state index in [2.05, 4.69) is 27.4 Å². The lowest BCUT2D eigenvalue weighted by atomic mass is 9.97. The van der Waals surface area contributed by atoms with Crippen LogP contribution in [0.4, 0.5) is 0 Å². The van der Waals surface area contributed by atoms with E-state index in [0.29, 0.717) is 5.92 Å². The molecule has 0 heteroatoms. The minimum atomic E-state index is 0.604. The van der Waals surface area contributed by atoms with Gasteiger partial charge in [0.05, 0.1) is 0 Å². The van der Waals surface area contributed by atoms with Crippen molar-refractivity contribution in [3.05, 3.63) is 19.6 Å². The van der Waals surface area contributed by atoms with Gasteiger partial charge in [0, 0.05) is 0 Å². The summed E-state index contributed by atoms with van der Waals surface area (Å²) >= 11 is 0. The Labute approximate surface area is 65.3 Å². The predicted octanol–water partition coefficient (Wildman–Crippen LogP) is 3.45. The van der Waals surface area contributed by atoms with Crippen LogP contribution >= 0.6 is 0 Å². The van der Waals surface area contributed by atoms with E-state index >= 15 is 0 Å². The third-order valence-corrected chi connectivity index (χ3v) is 1.72. The van der Waals surface area contributed by atoms with Crippen LogP contribution in [0.25, 0.3) is 0 Å². The van der Waals surface area contributed by atoms with Crippen LogP contribution in [-0.4, -0.2) is 0 Å². The Bertz CT molecular complexity index is 82.0. The normalized spacial score (nSPS) is 13.6. The average Bonchev–Trinajstić information content (AvgIpc) is 1.85. The van der Waals surface area contributed by atoms with Crippen molar-refractivity contribution in [1.29, 1.82) is 0 Å². The fourth-order valence-corrected chi connectivity index (χ4v) is 0.971. The molecule has 0 saturated carbocycles. The minimum absolute atomic E-state index is 0.604. The first-order chi connectivity index (χ1) is 4.66. The van der Waals surface area contributed by atoms with Crippen LogP contribution in [0.1, 0.15) is 33.1 Å². The second-order valence-corrected chi connectivity index (χ2v) is 3.31. The molecule has 0 aliphatic rings. The van der Waals surface area contributed by atoms with Gasteiger partial charge in [-0.2, -0.15) is 0 Å². The number of hydrogen-bond donors (Lipinski definition) is 0. The molecule has 0 fully saturated rings. The van der Waals surface area contributed by atoms with E-state index < -0.39 is 0 Å². The lowest BCUT2D eigenvalue weighted by Gasteiger charge is -2.09. The van der Waals surface area contributed by atoms with Gasteiger partial charge in [0.15, 0.2) is 0 Å². The lowest BCUT2D eigenvalue weighted by Crippen LogP contribution is -1.96. The molecule has 10 heavy (non-hydrogen) atoms. The number of hydrogen-bond acceptors (Lipinski definition) is 0. The van der Waals surface area contributed by atoms with E-state index in [4.69, 9.17) is 0 Å². The van der Waals surface area contributed by atoms with Crippen molar-refractivity contribution in [2.24, 2.45) is 11.8 Å². The van der Waals surface area contributed by atoms with Crippen LogP contribution in [0.5, 0.6) is 0 Å². The zero-order chi connectivity index (χ0) is 7.98. The Balaban J connectivity index is 3.20. The van der Waals surface area contributed by atoms with Crippen LogP contribution in [0.15, 0.2) is 12.7 Å². The second-order valence-electron chi connectivity index (χ2n) is 3.31. The first-order valence-electron chi connectivity index (χ1n) is 4.10. The number of rotatable bonds is 5. The minimum Gasteiger partial charge on any atom is -0.103 e. The Kier molecular flexibility index (Phi) is 5.38. The molecule has 1 radical (unpaired) electrons. The summed E-state index contributed by atoms with van der Waals surface area (Å²) in [5.41, 5.74) is 0. The first-order valence-corrected chi connectivity index (χ1v) is 4.10. The summed E-state index contributed by atoms with van der Waals surface area (Å²) in [6.07, 6.45) is 5.68. The molecule has 0 rings (SSSR count). The molecule has 0 amide bonds. The topological polar surface area (TPSA) is 0 Å². The molecule has 2 atom stereocenters. The maximum atomic E-state index is 3.94. The van der Waals surface area contributed by atoms with Gasteiger partial charge >= 0.3 is 0 Å². The van der Waals surface area contributed by atoms with Gasteiger partial charge in [0.25, 0.3) is 0 Å². The van der Waals surface area contributed by atoms with Gasteiger partial charge in [-0.3, -0.25) is 0 Å². The molecule has 0 aliphatic heterocycles. The van der Waals surface area contributed by atoms with Crippen molar-refractivity contribution in [1.82, 2.24) is 0 Å². The van der Waals surface area contributed by atoms with Crippen molar-refractivity contribution in [3.8, 4) is 0 Å². The van der Waals surface area contributed by atoms with Crippen molar-refractivity contribution in [2.75, 3.05) is 0 Å². The summed E-state index contributed by atoms with van der Waals surface area (Å²) in [5.74, 6) is 1.40. The molecule has 0 bridgehead atoms. The Morgan fingerprint density at radius 2 is 1.90 bits per heavy atom. The molecule has 0 aromatic heterocycles. The molecule has 0 aromatic rings. The molecule has 0 N–H and O–H groups in total. The molecular weight excluding hydrogens is 120 g/mol. The summed E-state index contributed by atoms with van der Waals surface area (Å²) in [4.78, 5) is 0. The molecule has 0 saturated heterocycles. The maximum absolute atomic E-state index is 3.94. The Hall–Kier alpha value is -0.260. The zero-order valence-electron chi connectivity index (χ0n) is 7.27. The second kappa shape index (κ2) is 5.52. The van der Waals surface area contributed by atoms with Gasteiger partial charge in [-0.1, -0.05) is 39.7 Å². The molecule has 2 unspecified atom stereocenters. The average molecular weight is 139 g/mol. The predicted molar refractivity (Wildman–Crippen MR) is 47.7 cm³/mol. The Morgan fingerprint density at radius 3 is 2.30 bits per heavy atom. The van der Waals surface area contributed by atoms with E-state index in [1.165, 1.54) is 12.8 Å². The highest BCUT2D eigenvalue weighted by Gasteiger charge is 2.00. The van der Waals surface area contributed by atoms with Gasteiger partial charge < -0.3 is 0 Å². The van der Waals surface area contributed by atoms with Gasteiger partial charge in [-0.25, -0.2) is 0 Å². The smallest absolute Gasteiger partial charge is 0.0328 e. The molecule has 0 heterocycles. The molecule has 0 aromatic carbocycles. The van der Waals surface area contributed by atoms with Crippen molar-refractivity contribution in [2.45, 2.75) is 33.1 Å². The summed E-state index contributed by atoms with van der Waals surface area (Å²) in [7, 11) is 0. The molecule has 59 valence electrons. The molecular formula is C10H19. The van der Waals surface area contributed by atoms with Crippen molar-refractivity contribution >= 4 is 0 Å². The van der Waals surface area contributed by atoms with Crippen LogP contribution < -0.4 is 0 Å². The summed E-state index contributed by atoms with van der Waals surface area (Å²) < 4.78 is 0. The molecule has 0 nitrogen and oxygen atoms in total. The summed E-state index contributed by atoms with van der Waals surface area (Å²) in [5, 5.41) is 0. The lowest BCUT2D eigenvalue weighted by molar-refractivity contribution is 0.473. The van der Waals surface area contributed by atoms with E-state index in [1.54, 1.807) is 0 Å². The fourth-order valence-electron chi connectivity index (χ4n) is 0.971. The van der Waals surface area contributed by atoms with E-state index in [0.717, 1.165) is 12.3 Å². The fraction of sp³-hybridized carbons (Fsp3) is 0.700. The van der Waals surface area contributed by atoms with Gasteiger partial charge in [-0.15, -0.1) is 6.58 Å². The summed E-state index contributed by atoms with van der Waals surface area (Å²) in [6, 6.07) is 0. The van der Waals surface area contributed by atoms with Crippen molar-refractivity contribution < 1.29 is 0 Å². The van der Waals surface area contributed by atoms with Crippen LogP contribution in [0.3, 0.4) is 0 Å². The highest BCUT2D eigenvalue weighted by Crippen LogP contribution is 2.14. The van der Waals surface area contributed by atoms with Crippen molar-refractivity contribution in [3.63, 3.8) is 0 Å². The molecule has 0 spiro atoms. The first kappa shape index (κ1) is 9.74. The maximum Gasteiger partial charge on any atom is -0.0328 e. The quantitative estimate of drug-likeness (QED) is 0.512.